The first-order valence-electron chi connectivity index (χ1n) is 18.4. The zero-order valence-electron chi connectivity index (χ0n) is 30.6. The van der Waals surface area contributed by atoms with Crippen molar-refractivity contribution in [2.45, 2.75) is 57.3 Å². The minimum Gasteiger partial charge on any atom is -0.496 e. The number of unbranched alkanes of at least 4 members (excludes halogenated alkanes) is 3. The maximum absolute atomic E-state index is 12.9. The third kappa shape index (κ3) is 14.8. The SMILES string of the molecule is COc1ccccc1COCCCCCC[N+](C)(C)CCOCCOCCN1CCC(OC(=O)NC(c2ccccc2)c2ccccc2)CC1. The number of carbonyl (C=O) groups excluding carboxylic acids is 1. The van der Waals surface area contributed by atoms with Crippen LogP contribution >= 0.6 is 0 Å². The summed E-state index contributed by atoms with van der Waals surface area (Å²) in [5.74, 6) is 0.889. The predicted molar refractivity (Wildman–Crippen MR) is 198 cm³/mol. The molecule has 0 aliphatic carbocycles. The summed E-state index contributed by atoms with van der Waals surface area (Å²) in [6, 6.07) is 27.8. The Balaban J connectivity index is 0.962. The average Bonchev–Trinajstić information content (AvgIpc) is 3.14. The van der Waals surface area contributed by atoms with Crippen LogP contribution in [0.2, 0.25) is 0 Å². The van der Waals surface area contributed by atoms with Gasteiger partial charge in [-0.3, -0.25) is 0 Å². The van der Waals surface area contributed by atoms with E-state index in [2.05, 4.69) is 30.4 Å². The number of amides is 1. The molecular formula is C41H60N3O6+. The smallest absolute Gasteiger partial charge is 0.408 e. The summed E-state index contributed by atoms with van der Waals surface area (Å²) in [6.45, 7) is 8.84. The number of ether oxygens (including phenoxy) is 5. The van der Waals surface area contributed by atoms with Gasteiger partial charge in [-0.1, -0.05) is 85.3 Å². The Hall–Kier alpha value is -3.47. The van der Waals surface area contributed by atoms with E-state index in [1.807, 2.05) is 78.9 Å². The minimum atomic E-state index is -0.370. The average molecular weight is 691 g/mol. The van der Waals surface area contributed by atoms with E-state index in [-0.39, 0.29) is 18.2 Å². The van der Waals surface area contributed by atoms with Gasteiger partial charge in [0.25, 0.3) is 0 Å². The van der Waals surface area contributed by atoms with Crippen LogP contribution in [-0.4, -0.2) is 109 Å². The number of methoxy groups -OCH3 is 1. The number of rotatable bonds is 23. The second kappa shape index (κ2) is 22.4. The van der Waals surface area contributed by atoms with Crippen molar-refractivity contribution in [3.05, 3.63) is 102 Å². The van der Waals surface area contributed by atoms with Crippen LogP contribution in [0.25, 0.3) is 0 Å². The lowest BCUT2D eigenvalue weighted by atomic mass is 9.99. The van der Waals surface area contributed by atoms with Gasteiger partial charge >= 0.3 is 6.09 Å². The highest BCUT2D eigenvalue weighted by Gasteiger charge is 2.24. The first kappa shape index (κ1) is 39.3. The Morgan fingerprint density at radius 1 is 0.740 bits per heavy atom. The van der Waals surface area contributed by atoms with Crippen molar-refractivity contribution in [1.29, 1.82) is 0 Å². The largest absolute Gasteiger partial charge is 0.496 e. The van der Waals surface area contributed by atoms with E-state index in [1.54, 1.807) is 7.11 Å². The number of quaternary nitrogens is 1. The van der Waals surface area contributed by atoms with E-state index in [0.29, 0.717) is 26.4 Å². The Morgan fingerprint density at radius 3 is 2.04 bits per heavy atom. The lowest BCUT2D eigenvalue weighted by molar-refractivity contribution is -0.891. The molecule has 1 aliphatic rings. The maximum Gasteiger partial charge on any atom is 0.408 e. The standard InChI is InChI=1S/C41H59N3O6/c1-44(2,27-14-4-5-15-29-49-34-37-20-12-13-21-39(37)46-3)28-31-48-33-32-47-30-26-43-24-22-38(23-25-43)50-41(45)42-40(35-16-8-6-9-17-35)36-18-10-7-11-19-36/h6-13,16-21,38,40H,4-5,14-15,22-34H2,1-3H3/p+1. The molecule has 0 radical (unpaired) electrons. The summed E-state index contributed by atoms with van der Waals surface area (Å²) in [4.78, 5) is 15.3. The van der Waals surface area contributed by atoms with Gasteiger partial charge in [-0.05, 0) is 49.3 Å². The van der Waals surface area contributed by atoms with Crippen LogP contribution in [0, 0.1) is 0 Å². The van der Waals surface area contributed by atoms with Crippen molar-refractivity contribution < 1.29 is 33.0 Å². The van der Waals surface area contributed by atoms with Crippen LogP contribution in [0.15, 0.2) is 84.9 Å². The number of likely N-dealkylation sites (N-methyl/N-ethyl adjacent to an activating group) is 1. The van der Waals surface area contributed by atoms with Crippen molar-refractivity contribution in [2.24, 2.45) is 0 Å². The molecule has 9 heteroatoms. The Labute approximate surface area is 300 Å². The molecule has 0 aromatic heterocycles. The molecule has 3 aromatic rings. The van der Waals surface area contributed by atoms with Crippen molar-refractivity contribution in [2.75, 3.05) is 87.0 Å². The number of benzene rings is 3. The monoisotopic (exact) mass is 690 g/mol. The number of alkyl carbamates (subject to hydrolysis) is 1. The predicted octanol–water partition coefficient (Wildman–Crippen LogP) is 6.86. The Bertz CT molecular complexity index is 1290. The number of para-hydroxylation sites is 1. The topological polar surface area (TPSA) is 78.5 Å². The third-order valence-corrected chi connectivity index (χ3v) is 9.35. The first-order valence-corrected chi connectivity index (χ1v) is 18.4. The van der Waals surface area contributed by atoms with Crippen molar-refractivity contribution >= 4 is 6.09 Å². The molecule has 4 rings (SSSR count). The van der Waals surface area contributed by atoms with Gasteiger partial charge in [-0.25, -0.2) is 4.79 Å². The number of hydrogen-bond donors (Lipinski definition) is 1. The van der Waals surface area contributed by atoms with Crippen LogP contribution in [0.5, 0.6) is 5.75 Å². The Kier molecular flexibility index (Phi) is 17.6. The number of carbonyl (C=O) groups is 1. The highest BCUT2D eigenvalue weighted by molar-refractivity contribution is 5.69. The van der Waals surface area contributed by atoms with Gasteiger partial charge in [0.1, 0.15) is 18.4 Å². The van der Waals surface area contributed by atoms with Gasteiger partial charge < -0.3 is 38.4 Å². The lowest BCUT2D eigenvalue weighted by Gasteiger charge is -2.32. The highest BCUT2D eigenvalue weighted by Crippen LogP contribution is 2.23. The molecule has 1 N–H and O–H groups in total. The van der Waals surface area contributed by atoms with Crippen LogP contribution in [-0.2, 0) is 25.6 Å². The molecule has 0 saturated carbocycles. The van der Waals surface area contributed by atoms with E-state index in [1.165, 1.54) is 19.3 Å². The number of hydrogen-bond acceptors (Lipinski definition) is 7. The van der Waals surface area contributed by atoms with Crippen molar-refractivity contribution in [3.8, 4) is 5.75 Å². The van der Waals surface area contributed by atoms with Gasteiger partial charge in [-0.15, -0.1) is 0 Å². The summed E-state index contributed by atoms with van der Waals surface area (Å²) in [7, 11) is 6.26. The quantitative estimate of drug-likeness (QED) is 0.0861. The zero-order valence-corrected chi connectivity index (χ0v) is 30.6. The molecule has 0 atom stereocenters. The molecule has 1 heterocycles. The first-order chi connectivity index (χ1) is 24.4. The number of nitrogens with one attached hydrogen (secondary N) is 1. The van der Waals surface area contributed by atoms with Crippen LogP contribution in [0.1, 0.15) is 61.3 Å². The molecule has 0 spiro atoms. The summed E-state index contributed by atoms with van der Waals surface area (Å²) in [6.07, 6.45) is 5.91. The maximum atomic E-state index is 12.9. The zero-order chi connectivity index (χ0) is 35.3. The fraction of sp³-hybridized carbons (Fsp3) is 0.537. The van der Waals surface area contributed by atoms with E-state index in [4.69, 9.17) is 23.7 Å². The van der Waals surface area contributed by atoms with Gasteiger partial charge in [0, 0.05) is 31.8 Å². The lowest BCUT2D eigenvalue weighted by Crippen LogP contribution is -2.43. The molecule has 1 amide bonds. The molecule has 0 unspecified atom stereocenters. The number of likely N-dealkylation sites (tertiary alicyclic amines) is 1. The van der Waals surface area contributed by atoms with E-state index < -0.39 is 0 Å². The number of nitrogens with zero attached hydrogens (tertiary/aromatic N) is 2. The normalized spacial score (nSPS) is 14.2. The van der Waals surface area contributed by atoms with Crippen molar-refractivity contribution in [3.63, 3.8) is 0 Å². The minimum absolute atomic E-state index is 0.0781. The summed E-state index contributed by atoms with van der Waals surface area (Å²) >= 11 is 0. The summed E-state index contributed by atoms with van der Waals surface area (Å²) < 4.78 is 29.8. The molecule has 9 nitrogen and oxygen atoms in total. The van der Waals surface area contributed by atoms with Gasteiger partial charge in [0.05, 0.1) is 66.8 Å². The fourth-order valence-electron chi connectivity index (χ4n) is 6.25. The molecule has 1 saturated heterocycles. The van der Waals surface area contributed by atoms with Gasteiger partial charge in [0.2, 0.25) is 0 Å². The molecule has 274 valence electrons. The molecule has 1 aliphatic heterocycles. The summed E-state index contributed by atoms with van der Waals surface area (Å²) in [5, 5.41) is 3.09. The van der Waals surface area contributed by atoms with Crippen LogP contribution in [0.4, 0.5) is 4.79 Å². The Morgan fingerprint density at radius 2 is 1.36 bits per heavy atom. The fourth-order valence-corrected chi connectivity index (χ4v) is 6.25. The molecular weight excluding hydrogens is 630 g/mol. The van der Waals surface area contributed by atoms with E-state index in [0.717, 1.165) is 92.1 Å². The van der Waals surface area contributed by atoms with E-state index >= 15 is 0 Å². The van der Waals surface area contributed by atoms with Crippen LogP contribution < -0.4 is 10.1 Å². The second-order valence-electron chi connectivity index (χ2n) is 13.7. The van der Waals surface area contributed by atoms with Gasteiger partial charge in [-0.2, -0.15) is 0 Å². The second-order valence-corrected chi connectivity index (χ2v) is 13.7. The summed E-state index contributed by atoms with van der Waals surface area (Å²) in [5.41, 5.74) is 3.16. The van der Waals surface area contributed by atoms with Crippen LogP contribution in [0.3, 0.4) is 0 Å². The molecule has 50 heavy (non-hydrogen) atoms. The molecule has 0 bridgehead atoms. The highest BCUT2D eigenvalue weighted by atomic mass is 16.6. The molecule has 1 fully saturated rings. The molecule has 3 aromatic carbocycles. The number of piperidine rings is 1. The van der Waals surface area contributed by atoms with Gasteiger partial charge in [0.15, 0.2) is 0 Å². The third-order valence-electron chi connectivity index (χ3n) is 9.35. The van der Waals surface area contributed by atoms with E-state index in [9.17, 15) is 4.79 Å². The van der Waals surface area contributed by atoms with Crippen molar-refractivity contribution in [1.82, 2.24) is 10.2 Å².